The van der Waals surface area contributed by atoms with Crippen LogP contribution in [0.4, 0.5) is 0 Å². The van der Waals surface area contributed by atoms with Gasteiger partial charge in [0.05, 0.1) is 4.90 Å². The number of nitrogens with one attached hydrogen (secondary N) is 1. The number of carbonyl (C=O) groups excluding carboxylic acids is 1. The second kappa shape index (κ2) is 9.77. The van der Waals surface area contributed by atoms with Crippen LogP contribution in [0.2, 0.25) is 0 Å². The maximum atomic E-state index is 13.1. The summed E-state index contributed by atoms with van der Waals surface area (Å²) < 4.78 is 40.2. The average molecular weight is 466 g/mol. The third-order valence-electron chi connectivity index (χ3n) is 5.78. The molecule has 0 radical (unpaired) electrons. The van der Waals surface area contributed by atoms with Crippen molar-refractivity contribution in [3.63, 3.8) is 0 Å². The van der Waals surface area contributed by atoms with Gasteiger partial charge in [-0.3, -0.25) is 4.79 Å². The van der Waals surface area contributed by atoms with E-state index < -0.39 is 21.5 Å². The zero-order valence-corrected chi connectivity index (χ0v) is 19.3. The fraction of sp³-hybridized carbons (Fsp3) is 0.269. The van der Waals surface area contributed by atoms with E-state index in [0.717, 1.165) is 24.0 Å². The Kier molecular flexibility index (Phi) is 6.81. The van der Waals surface area contributed by atoms with Crippen molar-refractivity contribution in [1.82, 2.24) is 4.72 Å². The molecule has 0 aromatic heterocycles. The number of hydrogen-bond acceptors (Lipinski definition) is 5. The van der Waals surface area contributed by atoms with E-state index in [4.69, 9.17) is 9.47 Å². The van der Waals surface area contributed by atoms with Gasteiger partial charge in [0, 0.05) is 0 Å². The number of rotatable bonds is 8. The molecule has 1 saturated carbocycles. The lowest BCUT2D eigenvalue weighted by Gasteiger charge is -2.27. The number of benzene rings is 3. The van der Waals surface area contributed by atoms with E-state index in [2.05, 4.69) is 4.72 Å². The Morgan fingerprint density at radius 1 is 0.879 bits per heavy atom. The highest BCUT2D eigenvalue weighted by atomic mass is 32.2. The van der Waals surface area contributed by atoms with Gasteiger partial charge in [0.25, 0.3) is 0 Å². The maximum absolute atomic E-state index is 13.1. The molecule has 0 unspecified atom stereocenters. The zero-order valence-electron chi connectivity index (χ0n) is 18.5. The van der Waals surface area contributed by atoms with Crippen molar-refractivity contribution in [3.05, 3.63) is 90.0 Å². The highest BCUT2D eigenvalue weighted by molar-refractivity contribution is 7.89. The molecule has 0 saturated heterocycles. The summed E-state index contributed by atoms with van der Waals surface area (Å²) in [6.45, 7) is 2.10. The lowest BCUT2D eigenvalue weighted by Crippen LogP contribution is -2.53. The third kappa shape index (κ3) is 5.61. The molecule has 1 fully saturated rings. The van der Waals surface area contributed by atoms with Crippen molar-refractivity contribution < 1.29 is 22.7 Å². The molecule has 0 bridgehead atoms. The number of carbonyl (C=O) groups is 1. The lowest BCUT2D eigenvalue weighted by atomic mass is 10.00. The maximum Gasteiger partial charge on any atom is 0.327 e. The molecule has 1 aliphatic rings. The van der Waals surface area contributed by atoms with Crippen LogP contribution in [0, 0.1) is 6.92 Å². The summed E-state index contributed by atoms with van der Waals surface area (Å²) in [5.74, 6) is 0.655. The molecule has 1 aliphatic carbocycles. The number of hydrogen-bond donors (Lipinski definition) is 1. The topological polar surface area (TPSA) is 81.7 Å². The number of ether oxygens (including phenoxy) is 2. The first kappa shape index (κ1) is 23.0. The van der Waals surface area contributed by atoms with Gasteiger partial charge in [0.1, 0.15) is 23.6 Å². The van der Waals surface area contributed by atoms with Gasteiger partial charge in [0.15, 0.2) is 0 Å². The first-order valence-electron chi connectivity index (χ1n) is 11.0. The molecule has 6 nitrogen and oxygen atoms in total. The molecule has 0 amide bonds. The van der Waals surface area contributed by atoms with Crippen LogP contribution in [0.3, 0.4) is 0 Å². The largest absolute Gasteiger partial charge is 0.459 e. The summed E-state index contributed by atoms with van der Waals surface area (Å²) in [5, 5.41) is 0. The Labute approximate surface area is 194 Å². The predicted octanol–water partition coefficient (Wildman–Crippen LogP) is 5.12. The molecule has 0 spiro atoms. The standard InChI is InChI=1S/C26H27NO5S/c1-20-9-11-22(12-10-20)32-23-13-15-24(16-14-23)33(29,30)27-26(17-5-6-18-26)25(28)31-19-21-7-3-2-4-8-21/h2-4,7-16,27H,5-6,17-19H2,1H3. The Balaban J connectivity index is 1.46. The first-order valence-corrected chi connectivity index (χ1v) is 12.4. The van der Waals surface area contributed by atoms with Gasteiger partial charge in [0.2, 0.25) is 10.0 Å². The molecular formula is C26H27NO5S. The molecule has 3 aromatic carbocycles. The molecule has 0 aliphatic heterocycles. The summed E-state index contributed by atoms with van der Waals surface area (Å²) in [5.41, 5.74) is 0.731. The number of esters is 1. The van der Waals surface area contributed by atoms with Crippen LogP contribution in [0.25, 0.3) is 0 Å². The van der Waals surface area contributed by atoms with Crippen molar-refractivity contribution in [1.29, 1.82) is 0 Å². The minimum atomic E-state index is -3.93. The minimum Gasteiger partial charge on any atom is -0.459 e. The van der Waals surface area contributed by atoms with E-state index in [1.807, 2.05) is 61.5 Å². The van der Waals surface area contributed by atoms with E-state index in [1.165, 1.54) is 12.1 Å². The highest BCUT2D eigenvalue weighted by Gasteiger charge is 2.46. The molecule has 1 N–H and O–H groups in total. The summed E-state index contributed by atoms with van der Waals surface area (Å²) in [6, 6.07) is 23.1. The summed E-state index contributed by atoms with van der Waals surface area (Å²) >= 11 is 0. The van der Waals surface area contributed by atoms with Gasteiger partial charge in [-0.05, 0) is 61.7 Å². The first-order chi connectivity index (χ1) is 15.9. The molecule has 4 rings (SSSR count). The quantitative estimate of drug-likeness (QED) is 0.467. The molecule has 0 heterocycles. The van der Waals surface area contributed by atoms with Crippen LogP contribution < -0.4 is 9.46 Å². The third-order valence-corrected chi connectivity index (χ3v) is 7.33. The van der Waals surface area contributed by atoms with Gasteiger partial charge in [-0.15, -0.1) is 0 Å². The Bertz CT molecular complexity index is 1180. The number of sulfonamides is 1. The molecular weight excluding hydrogens is 438 g/mol. The fourth-order valence-electron chi connectivity index (χ4n) is 3.93. The molecule has 0 atom stereocenters. The molecule has 172 valence electrons. The van der Waals surface area contributed by atoms with Crippen LogP contribution in [-0.4, -0.2) is 19.9 Å². The summed E-state index contributed by atoms with van der Waals surface area (Å²) in [7, 11) is -3.93. The monoisotopic (exact) mass is 465 g/mol. The van der Waals surface area contributed by atoms with Crippen LogP contribution in [0.5, 0.6) is 11.5 Å². The summed E-state index contributed by atoms with van der Waals surface area (Å²) in [4.78, 5) is 13.0. The normalized spacial score (nSPS) is 15.2. The van der Waals surface area contributed by atoms with E-state index >= 15 is 0 Å². The molecule has 7 heteroatoms. The van der Waals surface area contributed by atoms with Crippen LogP contribution in [0.15, 0.2) is 83.8 Å². The fourth-order valence-corrected chi connectivity index (χ4v) is 5.35. The Morgan fingerprint density at radius 2 is 1.45 bits per heavy atom. The van der Waals surface area contributed by atoms with Gasteiger partial charge in [-0.1, -0.05) is 60.9 Å². The Morgan fingerprint density at radius 3 is 2.06 bits per heavy atom. The summed E-state index contributed by atoms with van der Waals surface area (Å²) in [6.07, 6.45) is 2.33. The zero-order chi connectivity index (χ0) is 23.3. The van der Waals surface area contributed by atoms with E-state index in [1.54, 1.807) is 12.1 Å². The smallest absolute Gasteiger partial charge is 0.327 e. The van der Waals surface area contributed by atoms with Crippen molar-refractivity contribution in [2.45, 2.75) is 49.6 Å². The van der Waals surface area contributed by atoms with Crippen LogP contribution in [-0.2, 0) is 26.2 Å². The van der Waals surface area contributed by atoms with Gasteiger partial charge >= 0.3 is 5.97 Å². The van der Waals surface area contributed by atoms with Crippen molar-refractivity contribution >= 4 is 16.0 Å². The highest BCUT2D eigenvalue weighted by Crippen LogP contribution is 2.33. The van der Waals surface area contributed by atoms with E-state index in [9.17, 15) is 13.2 Å². The lowest BCUT2D eigenvalue weighted by molar-refractivity contribution is -0.152. The van der Waals surface area contributed by atoms with Crippen molar-refractivity contribution in [2.24, 2.45) is 0 Å². The van der Waals surface area contributed by atoms with Crippen LogP contribution in [0.1, 0.15) is 36.8 Å². The predicted molar refractivity (Wildman–Crippen MR) is 125 cm³/mol. The van der Waals surface area contributed by atoms with E-state index in [0.29, 0.717) is 24.3 Å². The minimum absolute atomic E-state index is 0.0703. The van der Waals surface area contributed by atoms with Gasteiger partial charge in [-0.25, -0.2) is 8.42 Å². The van der Waals surface area contributed by atoms with Gasteiger partial charge < -0.3 is 9.47 Å². The average Bonchev–Trinajstić information content (AvgIpc) is 3.29. The van der Waals surface area contributed by atoms with Crippen LogP contribution >= 0.6 is 0 Å². The van der Waals surface area contributed by atoms with Crippen molar-refractivity contribution in [3.8, 4) is 11.5 Å². The van der Waals surface area contributed by atoms with E-state index in [-0.39, 0.29) is 11.5 Å². The Hall–Kier alpha value is -3.16. The number of aryl methyl sites for hydroxylation is 1. The second-order valence-corrected chi connectivity index (χ2v) is 10.0. The van der Waals surface area contributed by atoms with Gasteiger partial charge in [-0.2, -0.15) is 4.72 Å². The molecule has 33 heavy (non-hydrogen) atoms. The molecule has 3 aromatic rings. The second-order valence-electron chi connectivity index (χ2n) is 8.34. The SMILES string of the molecule is Cc1ccc(Oc2ccc(S(=O)(=O)NC3(C(=O)OCc4ccccc4)CCCC3)cc2)cc1. The van der Waals surface area contributed by atoms with Crippen molar-refractivity contribution in [2.75, 3.05) is 0 Å².